The molecule has 0 saturated carbocycles. The van der Waals surface area contributed by atoms with Crippen LogP contribution in [0.3, 0.4) is 0 Å². The molecule has 0 saturated heterocycles. The molecule has 0 aromatic rings. The summed E-state index contributed by atoms with van der Waals surface area (Å²) < 4.78 is 0. The highest BCUT2D eigenvalue weighted by Gasteiger charge is 1.92. The van der Waals surface area contributed by atoms with Crippen LogP contribution in [-0.2, 0) is 4.79 Å². The summed E-state index contributed by atoms with van der Waals surface area (Å²) in [4.78, 5) is 27.6. The van der Waals surface area contributed by atoms with E-state index >= 15 is 0 Å². The standard InChI is InChI=1S/C2H5N3O2.CHNO/c3-1(6)5-2(4)7;2-1-3/h(H5,3,4,5,6,7);2H. The zero-order chi connectivity index (χ0) is 8.57. The predicted octanol–water partition coefficient (Wildman–Crippen LogP) is -1.37. The van der Waals surface area contributed by atoms with Gasteiger partial charge < -0.3 is 11.5 Å². The van der Waals surface area contributed by atoms with E-state index in [1.807, 2.05) is 0 Å². The number of rotatable bonds is 0. The summed E-state index contributed by atoms with van der Waals surface area (Å²) in [6, 6.07) is -1.88. The molecular weight excluding hydrogens is 140 g/mol. The third kappa shape index (κ3) is 35.7. The van der Waals surface area contributed by atoms with Gasteiger partial charge in [0.1, 0.15) is 0 Å². The fraction of sp³-hybridized carbons (Fsp3) is 0. The van der Waals surface area contributed by atoms with Crippen LogP contribution in [0.4, 0.5) is 9.59 Å². The van der Waals surface area contributed by atoms with Gasteiger partial charge in [-0.3, -0.25) is 5.32 Å². The molecule has 7 heteroatoms. The summed E-state index contributed by atoms with van der Waals surface area (Å²) in [5.41, 5.74) is 8.88. The molecule has 0 spiro atoms. The second-order valence-corrected chi connectivity index (χ2v) is 0.956. The molecule has 0 atom stereocenters. The number of carbonyl (C=O) groups excluding carboxylic acids is 3. The van der Waals surface area contributed by atoms with Gasteiger partial charge in [-0.2, -0.15) is 0 Å². The normalized spacial score (nSPS) is 6.00. The Morgan fingerprint density at radius 1 is 1.30 bits per heavy atom. The minimum atomic E-state index is -0.938. The Labute approximate surface area is 55.9 Å². The van der Waals surface area contributed by atoms with E-state index in [0.29, 0.717) is 0 Å². The van der Waals surface area contributed by atoms with E-state index in [1.54, 1.807) is 5.32 Å². The van der Waals surface area contributed by atoms with Crippen molar-refractivity contribution < 1.29 is 14.4 Å². The van der Waals surface area contributed by atoms with E-state index in [4.69, 9.17) is 10.2 Å². The van der Waals surface area contributed by atoms with Crippen molar-refractivity contribution in [1.29, 1.82) is 5.41 Å². The van der Waals surface area contributed by atoms with Crippen LogP contribution in [0.2, 0.25) is 0 Å². The van der Waals surface area contributed by atoms with Crippen molar-refractivity contribution in [3.63, 3.8) is 0 Å². The van der Waals surface area contributed by atoms with Crippen molar-refractivity contribution >= 4 is 18.1 Å². The van der Waals surface area contributed by atoms with Gasteiger partial charge >= 0.3 is 12.1 Å². The lowest BCUT2D eigenvalue weighted by molar-refractivity contribution is 0.236. The summed E-state index contributed by atoms with van der Waals surface area (Å²) >= 11 is 0. The summed E-state index contributed by atoms with van der Waals surface area (Å²) in [5, 5.41) is 6.99. The average Bonchev–Trinajstić information content (AvgIpc) is 1.62. The number of carbonyl (C=O) groups is 2. The van der Waals surface area contributed by atoms with Crippen LogP contribution in [0.15, 0.2) is 0 Å². The van der Waals surface area contributed by atoms with Crippen LogP contribution in [0.1, 0.15) is 0 Å². The molecule has 4 amide bonds. The van der Waals surface area contributed by atoms with Crippen LogP contribution in [0.25, 0.3) is 0 Å². The molecule has 0 aliphatic heterocycles. The molecule has 0 aliphatic carbocycles. The quantitative estimate of drug-likeness (QED) is 0.247. The number of hydrogen-bond donors (Lipinski definition) is 4. The largest absolute Gasteiger partial charge is 0.351 e. The fourth-order valence-corrected chi connectivity index (χ4v) is 0.121. The van der Waals surface area contributed by atoms with Gasteiger partial charge in [0.05, 0.1) is 0 Å². The monoisotopic (exact) mass is 146 g/mol. The van der Waals surface area contributed by atoms with E-state index < -0.39 is 12.1 Å². The van der Waals surface area contributed by atoms with Crippen molar-refractivity contribution in [3.05, 3.63) is 0 Å². The van der Waals surface area contributed by atoms with Gasteiger partial charge in [0, 0.05) is 0 Å². The van der Waals surface area contributed by atoms with Gasteiger partial charge in [-0.05, 0) is 0 Å². The zero-order valence-electron chi connectivity index (χ0n) is 4.88. The highest BCUT2D eigenvalue weighted by atomic mass is 16.2. The number of imide groups is 1. The van der Waals surface area contributed by atoms with Crippen molar-refractivity contribution in [1.82, 2.24) is 5.32 Å². The number of nitrogens with one attached hydrogen (secondary N) is 2. The minimum Gasteiger partial charge on any atom is -0.351 e. The number of primary amides is 2. The minimum absolute atomic E-state index is 0.750. The van der Waals surface area contributed by atoms with E-state index in [9.17, 15) is 9.59 Å². The third-order valence-corrected chi connectivity index (χ3v) is 0.246. The highest BCUT2D eigenvalue weighted by Crippen LogP contribution is 1.51. The molecule has 0 radical (unpaired) electrons. The first-order valence-corrected chi connectivity index (χ1v) is 1.94. The van der Waals surface area contributed by atoms with Gasteiger partial charge in [-0.25, -0.2) is 19.8 Å². The van der Waals surface area contributed by atoms with Gasteiger partial charge in [-0.15, -0.1) is 0 Å². The second-order valence-electron chi connectivity index (χ2n) is 0.956. The Morgan fingerprint density at radius 3 is 1.50 bits per heavy atom. The number of isocyanates is 1. The Balaban J connectivity index is 0. The molecular formula is C3H6N4O3. The highest BCUT2D eigenvalue weighted by molar-refractivity contribution is 5.91. The Bertz CT molecular complexity index is 147. The molecule has 0 bridgehead atoms. The molecule has 6 N–H and O–H groups in total. The summed E-state index contributed by atoms with van der Waals surface area (Å²) in [6.45, 7) is 0. The third-order valence-electron chi connectivity index (χ3n) is 0.246. The maximum absolute atomic E-state index is 9.62. The molecule has 10 heavy (non-hydrogen) atoms. The van der Waals surface area contributed by atoms with Gasteiger partial charge in [0.2, 0.25) is 6.08 Å². The van der Waals surface area contributed by atoms with Gasteiger partial charge in [-0.1, -0.05) is 0 Å². The van der Waals surface area contributed by atoms with Crippen LogP contribution in [-0.4, -0.2) is 18.1 Å². The molecule has 0 rings (SSSR count). The number of nitrogens with two attached hydrogens (primary N) is 2. The molecule has 0 aliphatic rings. The average molecular weight is 146 g/mol. The van der Waals surface area contributed by atoms with Crippen molar-refractivity contribution in [2.24, 2.45) is 11.5 Å². The summed E-state index contributed by atoms with van der Waals surface area (Å²) in [7, 11) is 0. The molecule has 0 aromatic heterocycles. The summed E-state index contributed by atoms with van der Waals surface area (Å²) in [6.07, 6.45) is 0.750. The zero-order valence-corrected chi connectivity index (χ0v) is 4.88. The summed E-state index contributed by atoms with van der Waals surface area (Å²) in [5.74, 6) is 0. The number of hydrogen-bond acceptors (Lipinski definition) is 4. The fourth-order valence-electron chi connectivity index (χ4n) is 0.121. The smallest absolute Gasteiger partial charge is 0.320 e. The lowest BCUT2D eigenvalue weighted by atomic mass is 10.9. The number of amides is 4. The lowest BCUT2D eigenvalue weighted by Gasteiger charge is -1.88. The van der Waals surface area contributed by atoms with Crippen molar-refractivity contribution in [3.8, 4) is 0 Å². The topological polar surface area (TPSA) is 139 Å². The Morgan fingerprint density at radius 2 is 1.50 bits per heavy atom. The van der Waals surface area contributed by atoms with E-state index in [0.717, 1.165) is 6.08 Å². The molecule has 7 nitrogen and oxygen atoms in total. The first kappa shape index (κ1) is 11.0. The van der Waals surface area contributed by atoms with Gasteiger partial charge in [0.25, 0.3) is 0 Å². The molecule has 0 heterocycles. The Kier molecular flexibility index (Phi) is 7.83. The van der Waals surface area contributed by atoms with E-state index in [-0.39, 0.29) is 0 Å². The molecule has 0 unspecified atom stereocenters. The maximum Gasteiger partial charge on any atom is 0.320 e. The van der Waals surface area contributed by atoms with Crippen molar-refractivity contribution in [2.45, 2.75) is 0 Å². The number of urea groups is 2. The Hall–Kier alpha value is -1.88. The van der Waals surface area contributed by atoms with Crippen LogP contribution >= 0.6 is 0 Å². The second kappa shape index (κ2) is 7.12. The SMILES string of the molecule is N=C=O.NC(=O)NC(N)=O. The maximum atomic E-state index is 9.62. The van der Waals surface area contributed by atoms with E-state index in [2.05, 4.69) is 11.5 Å². The van der Waals surface area contributed by atoms with E-state index in [1.165, 1.54) is 0 Å². The molecule has 56 valence electrons. The first-order valence-electron chi connectivity index (χ1n) is 1.94. The van der Waals surface area contributed by atoms with Gasteiger partial charge in [0.15, 0.2) is 0 Å². The van der Waals surface area contributed by atoms with Crippen LogP contribution in [0, 0.1) is 5.41 Å². The van der Waals surface area contributed by atoms with Crippen molar-refractivity contribution in [2.75, 3.05) is 0 Å². The van der Waals surface area contributed by atoms with Crippen LogP contribution < -0.4 is 16.8 Å². The lowest BCUT2D eigenvalue weighted by Crippen LogP contribution is -2.38. The van der Waals surface area contributed by atoms with Crippen LogP contribution in [0.5, 0.6) is 0 Å². The molecule has 0 aromatic carbocycles. The molecule has 0 fully saturated rings. The predicted molar refractivity (Wildman–Crippen MR) is 30.7 cm³/mol. The first-order chi connectivity index (χ1) is 4.54.